The Kier molecular flexibility index (Phi) is 3.53. The van der Waals surface area contributed by atoms with Crippen LogP contribution in [0.2, 0.25) is 0 Å². The van der Waals surface area contributed by atoms with Crippen LogP contribution >= 0.6 is 0 Å². The first-order chi connectivity index (χ1) is 9.79. The molecule has 0 aliphatic carbocycles. The summed E-state index contributed by atoms with van der Waals surface area (Å²) < 4.78 is 0. The van der Waals surface area contributed by atoms with E-state index in [4.69, 9.17) is 0 Å². The highest BCUT2D eigenvalue weighted by atomic mass is 14.8. The molecular weight excluding hydrogens is 242 g/mol. The monoisotopic (exact) mass is 261 g/mol. The average molecular weight is 261 g/mol. The molecule has 0 aromatic heterocycles. The first kappa shape index (κ1) is 12.9. The van der Waals surface area contributed by atoms with Gasteiger partial charge < -0.3 is 5.32 Å². The van der Waals surface area contributed by atoms with Crippen LogP contribution in [0.15, 0.2) is 60.7 Å². The fraction of sp³-hybridized carbons (Fsp3) is 0.158. The van der Waals surface area contributed by atoms with Gasteiger partial charge in [0, 0.05) is 6.54 Å². The summed E-state index contributed by atoms with van der Waals surface area (Å²) in [5.74, 6) is 0. The molecule has 3 aromatic rings. The molecule has 0 saturated carbocycles. The number of hydrogen-bond donors (Lipinski definition) is 1. The van der Waals surface area contributed by atoms with Gasteiger partial charge in [0.2, 0.25) is 0 Å². The number of fused-ring (bicyclic) bond motifs is 1. The van der Waals surface area contributed by atoms with Crippen LogP contribution in [0.25, 0.3) is 21.9 Å². The summed E-state index contributed by atoms with van der Waals surface area (Å²) in [6, 6.07) is 21.8. The molecule has 0 unspecified atom stereocenters. The normalized spacial score (nSPS) is 10.9. The second-order valence-electron chi connectivity index (χ2n) is 5.21. The Bertz CT molecular complexity index is 738. The predicted molar refractivity (Wildman–Crippen MR) is 86.9 cm³/mol. The summed E-state index contributed by atoms with van der Waals surface area (Å²) in [5.41, 5.74) is 5.29. The van der Waals surface area contributed by atoms with Gasteiger partial charge in [-0.3, -0.25) is 0 Å². The Hall–Kier alpha value is -2.12. The van der Waals surface area contributed by atoms with Gasteiger partial charge in [0.15, 0.2) is 0 Å². The van der Waals surface area contributed by atoms with E-state index in [0.717, 1.165) is 6.54 Å². The van der Waals surface area contributed by atoms with Crippen LogP contribution in [-0.4, -0.2) is 7.05 Å². The summed E-state index contributed by atoms with van der Waals surface area (Å²) in [4.78, 5) is 0. The van der Waals surface area contributed by atoms with Crippen molar-refractivity contribution in [1.29, 1.82) is 0 Å². The van der Waals surface area contributed by atoms with Gasteiger partial charge in [-0.05, 0) is 47.0 Å². The number of hydrogen-bond acceptors (Lipinski definition) is 1. The quantitative estimate of drug-likeness (QED) is 0.730. The van der Waals surface area contributed by atoms with E-state index in [1.165, 1.54) is 33.0 Å². The van der Waals surface area contributed by atoms with Crippen LogP contribution in [0.5, 0.6) is 0 Å². The molecule has 1 heteroatoms. The van der Waals surface area contributed by atoms with Gasteiger partial charge in [0.25, 0.3) is 0 Å². The van der Waals surface area contributed by atoms with E-state index in [9.17, 15) is 0 Å². The van der Waals surface area contributed by atoms with Crippen molar-refractivity contribution in [1.82, 2.24) is 5.32 Å². The second kappa shape index (κ2) is 5.48. The van der Waals surface area contributed by atoms with E-state index in [0.29, 0.717) is 0 Å². The fourth-order valence-corrected chi connectivity index (χ4v) is 2.80. The number of nitrogens with one attached hydrogen (secondary N) is 1. The lowest BCUT2D eigenvalue weighted by molar-refractivity contribution is 0.817. The summed E-state index contributed by atoms with van der Waals surface area (Å²) in [6.45, 7) is 3.10. The molecule has 0 spiro atoms. The first-order valence-corrected chi connectivity index (χ1v) is 7.02. The van der Waals surface area contributed by atoms with Crippen molar-refractivity contribution in [2.45, 2.75) is 13.5 Å². The summed E-state index contributed by atoms with van der Waals surface area (Å²) in [7, 11) is 1.98. The Balaban J connectivity index is 2.16. The molecule has 3 rings (SSSR count). The minimum absolute atomic E-state index is 0.913. The number of benzene rings is 3. The number of aryl methyl sites for hydroxylation is 1. The topological polar surface area (TPSA) is 12.0 Å². The SMILES string of the molecule is CNCc1ccc(-c2cccc3ccccc23)c(C)c1. The van der Waals surface area contributed by atoms with Crippen molar-refractivity contribution in [2.75, 3.05) is 7.05 Å². The van der Waals surface area contributed by atoms with Crippen molar-refractivity contribution in [3.63, 3.8) is 0 Å². The van der Waals surface area contributed by atoms with E-state index < -0.39 is 0 Å². The first-order valence-electron chi connectivity index (χ1n) is 7.02. The van der Waals surface area contributed by atoms with Gasteiger partial charge in [0.1, 0.15) is 0 Å². The summed E-state index contributed by atoms with van der Waals surface area (Å²) in [6.07, 6.45) is 0. The van der Waals surface area contributed by atoms with Gasteiger partial charge >= 0.3 is 0 Å². The third-order valence-electron chi connectivity index (χ3n) is 3.75. The van der Waals surface area contributed by atoms with E-state index in [-0.39, 0.29) is 0 Å². The molecule has 0 bridgehead atoms. The smallest absolute Gasteiger partial charge is 0.0202 e. The maximum atomic E-state index is 3.20. The number of rotatable bonds is 3. The van der Waals surface area contributed by atoms with Crippen LogP contribution in [0, 0.1) is 6.92 Å². The van der Waals surface area contributed by atoms with E-state index >= 15 is 0 Å². The van der Waals surface area contributed by atoms with E-state index in [1.807, 2.05) is 7.05 Å². The highest BCUT2D eigenvalue weighted by Gasteiger charge is 2.06. The van der Waals surface area contributed by atoms with Crippen molar-refractivity contribution in [3.8, 4) is 11.1 Å². The molecule has 0 radical (unpaired) electrons. The van der Waals surface area contributed by atoms with Crippen molar-refractivity contribution in [3.05, 3.63) is 71.8 Å². The van der Waals surface area contributed by atoms with Gasteiger partial charge in [-0.1, -0.05) is 60.7 Å². The molecule has 0 amide bonds. The molecule has 0 fully saturated rings. The Morgan fingerprint density at radius 1 is 0.850 bits per heavy atom. The predicted octanol–water partition coefficient (Wildman–Crippen LogP) is 4.53. The molecule has 0 saturated heterocycles. The third-order valence-corrected chi connectivity index (χ3v) is 3.75. The standard InChI is InChI=1S/C19H19N/c1-14-12-15(13-20-2)10-11-17(14)19-9-5-7-16-6-3-4-8-18(16)19/h3-12,20H,13H2,1-2H3. The molecule has 0 atom stereocenters. The van der Waals surface area contributed by atoms with Gasteiger partial charge in [0.05, 0.1) is 0 Å². The minimum atomic E-state index is 0.913. The van der Waals surface area contributed by atoms with Crippen LogP contribution in [0.3, 0.4) is 0 Å². The van der Waals surface area contributed by atoms with Crippen molar-refractivity contribution in [2.24, 2.45) is 0 Å². The molecule has 0 aliphatic rings. The van der Waals surface area contributed by atoms with Crippen molar-refractivity contribution >= 4 is 10.8 Å². The summed E-state index contributed by atoms with van der Waals surface area (Å²) >= 11 is 0. The zero-order valence-electron chi connectivity index (χ0n) is 12.0. The molecule has 1 N–H and O–H groups in total. The lowest BCUT2D eigenvalue weighted by Gasteiger charge is -2.11. The van der Waals surface area contributed by atoms with Gasteiger partial charge in [-0.25, -0.2) is 0 Å². The maximum Gasteiger partial charge on any atom is 0.0202 e. The Labute approximate surface area is 120 Å². The maximum absolute atomic E-state index is 3.20. The van der Waals surface area contributed by atoms with E-state index in [1.54, 1.807) is 0 Å². The molecule has 0 heterocycles. The highest BCUT2D eigenvalue weighted by molar-refractivity contribution is 5.97. The molecule has 0 aliphatic heterocycles. The minimum Gasteiger partial charge on any atom is -0.316 e. The molecule has 100 valence electrons. The van der Waals surface area contributed by atoms with Crippen LogP contribution in [0.4, 0.5) is 0 Å². The Morgan fingerprint density at radius 2 is 1.65 bits per heavy atom. The van der Waals surface area contributed by atoms with Crippen LogP contribution in [-0.2, 0) is 6.54 Å². The largest absolute Gasteiger partial charge is 0.316 e. The summed E-state index contributed by atoms with van der Waals surface area (Å²) in [5, 5.41) is 5.81. The lowest BCUT2D eigenvalue weighted by atomic mass is 9.94. The third kappa shape index (κ3) is 2.33. The van der Waals surface area contributed by atoms with Crippen LogP contribution in [0.1, 0.15) is 11.1 Å². The van der Waals surface area contributed by atoms with Gasteiger partial charge in [-0.2, -0.15) is 0 Å². The lowest BCUT2D eigenvalue weighted by Crippen LogP contribution is -2.05. The van der Waals surface area contributed by atoms with E-state index in [2.05, 4.69) is 72.9 Å². The highest BCUT2D eigenvalue weighted by Crippen LogP contribution is 2.31. The molecule has 3 aromatic carbocycles. The second-order valence-corrected chi connectivity index (χ2v) is 5.21. The average Bonchev–Trinajstić information content (AvgIpc) is 2.47. The molecule has 20 heavy (non-hydrogen) atoms. The zero-order valence-corrected chi connectivity index (χ0v) is 12.0. The Morgan fingerprint density at radius 3 is 2.45 bits per heavy atom. The molecule has 1 nitrogen and oxygen atoms in total. The van der Waals surface area contributed by atoms with Gasteiger partial charge in [-0.15, -0.1) is 0 Å². The van der Waals surface area contributed by atoms with Crippen molar-refractivity contribution < 1.29 is 0 Å². The fourth-order valence-electron chi connectivity index (χ4n) is 2.80. The zero-order chi connectivity index (χ0) is 13.9. The molecular formula is C19H19N. The van der Waals surface area contributed by atoms with Crippen LogP contribution < -0.4 is 5.32 Å².